The zero-order chi connectivity index (χ0) is 7.78. The van der Waals surface area contributed by atoms with Crippen LogP contribution in [0.4, 0.5) is 4.39 Å². The molecule has 0 spiro atoms. The van der Waals surface area contributed by atoms with Gasteiger partial charge in [0.15, 0.2) is 5.94 Å². The molecule has 0 aromatic rings. The fraction of sp³-hybridized carbons (Fsp3) is 0.667. The number of ether oxygens (including phenoxy) is 1. The summed E-state index contributed by atoms with van der Waals surface area (Å²) in [6, 6.07) is 0. The maximum absolute atomic E-state index is 13.0. The van der Waals surface area contributed by atoms with Crippen molar-refractivity contribution in [1.82, 2.24) is 0 Å². The van der Waals surface area contributed by atoms with E-state index in [0.29, 0.717) is 0 Å². The second kappa shape index (κ2) is 2.08. The Kier molecular flexibility index (Phi) is 1.50. The van der Waals surface area contributed by atoms with E-state index in [-0.39, 0.29) is 6.61 Å². The molecule has 0 amide bonds. The molecule has 56 valence electrons. The van der Waals surface area contributed by atoms with Gasteiger partial charge in [-0.1, -0.05) is 0 Å². The van der Waals surface area contributed by atoms with Gasteiger partial charge in [0.1, 0.15) is 12.7 Å². The number of hydrogen-bond acceptors (Lipinski definition) is 3. The molecule has 1 aliphatic heterocycles. The highest BCUT2D eigenvalue weighted by atomic mass is 19.1. The summed E-state index contributed by atoms with van der Waals surface area (Å²) in [5.74, 6) is 0.850. The van der Waals surface area contributed by atoms with Crippen LogP contribution in [0, 0.1) is 0 Å². The molecule has 1 aliphatic rings. The quantitative estimate of drug-likeness (QED) is 0.482. The standard InChI is InChI=1S/C6H7FO3/c1-6(7)4(9)3-10-5(6)2-8/h4,9H,3H2,1H3. The highest BCUT2D eigenvalue weighted by Crippen LogP contribution is 2.31. The molecule has 0 radical (unpaired) electrons. The first-order valence-corrected chi connectivity index (χ1v) is 2.84. The summed E-state index contributed by atoms with van der Waals surface area (Å²) < 4.78 is 17.5. The highest BCUT2D eigenvalue weighted by Gasteiger charge is 2.46. The van der Waals surface area contributed by atoms with Crippen LogP contribution in [0.3, 0.4) is 0 Å². The molecule has 1 saturated heterocycles. The predicted octanol–water partition coefficient (Wildman–Crippen LogP) is -0.179. The first kappa shape index (κ1) is 7.25. The average Bonchev–Trinajstić information content (AvgIpc) is 2.10. The number of rotatable bonds is 0. The first-order valence-electron chi connectivity index (χ1n) is 2.84. The van der Waals surface area contributed by atoms with Crippen molar-refractivity contribution in [2.75, 3.05) is 6.61 Å². The van der Waals surface area contributed by atoms with E-state index in [4.69, 9.17) is 5.11 Å². The summed E-state index contributed by atoms with van der Waals surface area (Å²) in [6.07, 6.45) is -1.25. The van der Waals surface area contributed by atoms with Gasteiger partial charge in [-0.2, -0.15) is 0 Å². The van der Waals surface area contributed by atoms with E-state index >= 15 is 0 Å². The van der Waals surface area contributed by atoms with Gasteiger partial charge in [0.05, 0.1) is 0 Å². The van der Waals surface area contributed by atoms with E-state index in [1.807, 2.05) is 0 Å². The minimum absolute atomic E-state index is 0.169. The van der Waals surface area contributed by atoms with Gasteiger partial charge in [-0.25, -0.2) is 9.18 Å². The number of hydrogen-bond donors (Lipinski definition) is 1. The van der Waals surface area contributed by atoms with E-state index in [9.17, 15) is 9.18 Å². The molecule has 0 aliphatic carbocycles. The molecule has 0 saturated carbocycles. The fourth-order valence-electron chi connectivity index (χ4n) is 0.740. The minimum atomic E-state index is -2.05. The zero-order valence-electron chi connectivity index (χ0n) is 5.43. The second-order valence-corrected chi connectivity index (χ2v) is 2.33. The van der Waals surface area contributed by atoms with Crippen LogP contribution < -0.4 is 0 Å². The Balaban J connectivity index is 2.95. The summed E-state index contributed by atoms with van der Waals surface area (Å²) >= 11 is 0. The second-order valence-electron chi connectivity index (χ2n) is 2.33. The third-order valence-corrected chi connectivity index (χ3v) is 1.55. The van der Waals surface area contributed by atoms with Crippen molar-refractivity contribution >= 4 is 5.94 Å². The topological polar surface area (TPSA) is 46.5 Å². The lowest BCUT2D eigenvalue weighted by atomic mass is 10.0. The van der Waals surface area contributed by atoms with E-state index in [1.54, 1.807) is 0 Å². The smallest absolute Gasteiger partial charge is 0.220 e. The van der Waals surface area contributed by atoms with Gasteiger partial charge in [-0.3, -0.25) is 0 Å². The van der Waals surface area contributed by atoms with Crippen LogP contribution in [-0.4, -0.2) is 29.4 Å². The van der Waals surface area contributed by atoms with Crippen LogP contribution in [0.5, 0.6) is 0 Å². The molecule has 0 aromatic heterocycles. The summed E-state index contributed by atoms with van der Waals surface area (Å²) in [4.78, 5) is 9.93. The van der Waals surface area contributed by atoms with Crippen molar-refractivity contribution < 1.29 is 19.0 Å². The third kappa shape index (κ3) is 0.818. The van der Waals surface area contributed by atoms with E-state index < -0.39 is 17.5 Å². The van der Waals surface area contributed by atoms with Crippen molar-refractivity contribution in [1.29, 1.82) is 0 Å². The number of halogens is 1. The van der Waals surface area contributed by atoms with Gasteiger partial charge in [0.2, 0.25) is 11.4 Å². The Morgan fingerprint density at radius 2 is 2.60 bits per heavy atom. The molecule has 1 fully saturated rings. The summed E-state index contributed by atoms with van der Waals surface area (Å²) in [7, 11) is 0. The molecule has 4 heteroatoms. The molecule has 3 nitrogen and oxygen atoms in total. The Morgan fingerprint density at radius 3 is 2.80 bits per heavy atom. The summed E-state index contributed by atoms with van der Waals surface area (Å²) in [5, 5.41) is 8.86. The highest BCUT2D eigenvalue weighted by molar-refractivity contribution is 5.54. The van der Waals surface area contributed by atoms with Crippen LogP contribution in [0.2, 0.25) is 0 Å². The molecule has 2 unspecified atom stereocenters. The Hall–Kier alpha value is -0.860. The van der Waals surface area contributed by atoms with E-state index in [0.717, 1.165) is 6.92 Å². The molecule has 0 bridgehead atoms. The van der Waals surface area contributed by atoms with Crippen molar-refractivity contribution in [3.05, 3.63) is 5.76 Å². The van der Waals surface area contributed by atoms with Gasteiger partial charge in [-0.05, 0) is 6.92 Å². The number of carbonyl (C=O) groups excluding carboxylic acids is 1. The monoisotopic (exact) mass is 146 g/mol. The van der Waals surface area contributed by atoms with Crippen LogP contribution in [0.1, 0.15) is 6.92 Å². The first-order chi connectivity index (χ1) is 4.59. The minimum Gasteiger partial charge on any atom is -0.481 e. The number of alkyl halides is 1. The average molecular weight is 146 g/mol. The van der Waals surface area contributed by atoms with Gasteiger partial charge in [0.25, 0.3) is 0 Å². The van der Waals surface area contributed by atoms with Gasteiger partial charge < -0.3 is 9.84 Å². The van der Waals surface area contributed by atoms with Crippen LogP contribution in [-0.2, 0) is 9.53 Å². The lowest BCUT2D eigenvalue weighted by molar-refractivity contribution is 0.0559. The van der Waals surface area contributed by atoms with Gasteiger partial charge in [0, 0.05) is 0 Å². The van der Waals surface area contributed by atoms with Crippen molar-refractivity contribution in [2.24, 2.45) is 0 Å². The lowest BCUT2D eigenvalue weighted by Gasteiger charge is -2.12. The van der Waals surface area contributed by atoms with Gasteiger partial charge in [-0.15, -0.1) is 0 Å². The normalized spacial score (nSPS) is 39.1. The Bertz CT molecular complexity index is 193. The maximum atomic E-state index is 13.0. The molecule has 1 heterocycles. The Labute approximate surface area is 57.1 Å². The number of aliphatic hydroxyl groups excluding tert-OH is 1. The number of aliphatic hydroxyl groups is 1. The Morgan fingerprint density at radius 1 is 2.00 bits per heavy atom. The van der Waals surface area contributed by atoms with Crippen molar-refractivity contribution in [2.45, 2.75) is 18.7 Å². The van der Waals surface area contributed by atoms with Crippen molar-refractivity contribution in [3.63, 3.8) is 0 Å². The maximum Gasteiger partial charge on any atom is 0.220 e. The van der Waals surface area contributed by atoms with E-state index in [2.05, 4.69) is 4.74 Å². The van der Waals surface area contributed by atoms with Crippen molar-refractivity contribution in [3.8, 4) is 0 Å². The van der Waals surface area contributed by atoms with Crippen LogP contribution in [0.15, 0.2) is 5.76 Å². The van der Waals surface area contributed by atoms with Gasteiger partial charge >= 0.3 is 0 Å². The molecular formula is C6H7FO3. The zero-order valence-corrected chi connectivity index (χ0v) is 5.43. The van der Waals surface area contributed by atoms with Crippen LogP contribution in [0.25, 0.3) is 0 Å². The van der Waals surface area contributed by atoms with E-state index in [1.165, 1.54) is 5.94 Å². The lowest BCUT2D eigenvalue weighted by Crippen LogP contribution is -2.31. The molecule has 0 aromatic carbocycles. The fourth-order valence-corrected chi connectivity index (χ4v) is 0.740. The third-order valence-electron chi connectivity index (χ3n) is 1.55. The molecule has 1 rings (SSSR count). The SMILES string of the molecule is CC1(F)C(=C=O)OCC1O. The molecule has 10 heavy (non-hydrogen) atoms. The van der Waals surface area contributed by atoms with Crippen LogP contribution >= 0.6 is 0 Å². The largest absolute Gasteiger partial charge is 0.481 e. The summed E-state index contributed by atoms with van der Waals surface area (Å²) in [6.45, 7) is 0.919. The molecule has 1 N–H and O–H groups in total. The predicted molar refractivity (Wildman–Crippen MR) is 30.7 cm³/mol. The molecule has 2 atom stereocenters. The summed E-state index contributed by atoms with van der Waals surface area (Å²) in [5.41, 5.74) is -2.05. The molecular weight excluding hydrogens is 139 g/mol.